The lowest BCUT2D eigenvalue weighted by Crippen LogP contribution is -2.39. The summed E-state index contributed by atoms with van der Waals surface area (Å²) in [4.78, 5) is 22.7. The second-order valence-electron chi connectivity index (χ2n) is 3.38. The van der Waals surface area contributed by atoms with Crippen LogP contribution in [0, 0.1) is 5.82 Å². The molecule has 17 heavy (non-hydrogen) atoms. The molecule has 92 valence electrons. The molecule has 5 nitrogen and oxygen atoms in total. The molecule has 6 heteroatoms. The monoisotopic (exact) mass is 241 g/mol. The van der Waals surface area contributed by atoms with E-state index in [0.29, 0.717) is 0 Å². The fourth-order valence-corrected chi connectivity index (χ4v) is 1.21. The number of ether oxygens (including phenoxy) is 1. The van der Waals surface area contributed by atoms with Gasteiger partial charge in [0.15, 0.2) is 0 Å². The minimum Gasteiger partial charge on any atom is -0.507 e. The number of rotatable bonds is 3. The number of benzene rings is 1. The molecule has 1 atom stereocenters. The van der Waals surface area contributed by atoms with Crippen molar-refractivity contribution in [2.75, 3.05) is 7.11 Å². The largest absolute Gasteiger partial charge is 0.507 e. The number of esters is 1. The first-order valence-corrected chi connectivity index (χ1v) is 4.83. The van der Waals surface area contributed by atoms with Crippen LogP contribution in [0.3, 0.4) is 0 Å². The molecule has 0 heterocycles. The number of hydrogen-bond donors (Lipinski definition) is 2. The summed E-state index contributed by atoms with van der Waals surface area (Å²) in [6.07, 6.45) is 0. The number of phenolic OH excluding ortho intramolecular Hbond substituents is 1. The Morgan fingerprint density at radius 1 is 1.47 bits per heavy atom. The van der Waals surface area contributed by atoms with Crippen molar-refractivity contribution in [2.45, 2.75) is 13.0 Å². The molecule has 0 aromatic heterocycles. The van der Waals surface area contributed by atoms with Crippen LogP contribution in [0.2, 0.25) is 0 Å². The average molecular weight is 241 g/mol. The molecule has 0 aliphatic heterocycles. The van der Waals surface area contributed by atoms with Gasteiger partial charge in [0.1, 0.15) is 17.6 Å². The average Bonchev–Trinajstić information content (AvgIpc) is 2.27. The molecule has 0 radical (unpaired) electrons. The van der Waals surface area contributed by atoms with Crippen LogP contribution in [0.25, 0.3) is 0 Å². The highest BCUT2D eigenvalue weighted by molar-refractivity contribution is 5.98. The summed E-state index contributed by atoms with van der Waals surface area (Å²) in [6, 6.07) is 2.14. The van der Waals surface area contributed by atoms with E-state index in [1.54, 1.807) is 0 Å². The van der Waals surface area contributed by atoms with Gasteiger partial charge < -0.3 is 15.2 Å². The SMILES string of the molecule is COC(=O)C(C)NC(=O)c1ccc(F)cc1O. The molecule has 0 saturated carbocycles. The lowest BCUT2D eigenvalue weighted by Gasteiger charge is -2.12. The molecule has 1 unspecified atom stereocenters. The van der Waals surface area contributed by atoms with Gasteiger partial charge in [0.25, 0.3) is 5.91 Å². The van der Waals surface area contributed by atoms with Gasteiger partial charge in [-0.15, -0.1) is 0 Å². The van der Waals surface area contributed by atoms with Crippen LogP contribution in [-0.4, -0.2) is 30.1 Å². The number of methoxy groups -OCH3 is 1. The highest BCUT2D eigenvalue weighted by Crippen LogP contribution is 2.17. The predicted molar refractivity (Wildman–Crippen MR) is 57.0 cm³/mol. The van der Waals surface area contributed by atoms with Crippen LogP contribution < -0.4 is 5.32 Å². The second-order valence-corrected chi connectivity index (χ2v) is 3.38. The lowest BCUT2D eigenvalue weighted by molar-refractivity contribution is -0.142. The fourth-order valence-electron chi connectivity index (χ4n) is 1.21. The second kappa shape index (κ2) is 5.29. The number of phenols is 1. The molecule has 0 aliphatic carbocycles. The third-order valence-electron chi connectivity index (χ3n) is 2.11. The standard InChI is InChI=1S/C11H12FNO4/c1-6(11(16)17-2)13-10(15)8-4-3-7(12)5-9(8)14/h3-6,14H,1-2H3,(H,13,15). The molecule has 0 bridgehead atoms. The molecule has 2 N–H and O–H groups in total. The van der Waals surface area contributed by atoms with E-state index in [1.165, 1.54) is 14.0 Å². The molecule has 1 aromatic rings. The highest BCUT2D eigenvalue weighted by Gasteiger charge is 2.18. The van der Waals surface area contributed by atoms with Gasteiger partial charge in [-0.3, -0.25) is 4.79 Å². The molecule has 0 spiro atoms. The Balaban J connectivity index is 2.80. The quantitative estimate of drug-likeness (QED) is 0.768. The van der Waals surface area contributed by atoms with Crippen molar-refractivity contribution in [2.24, 2.45) is 0 Å². The first-order valence-electron chi connectivity index (χ1n) is 4.83. The number of carbonyl (C=O) groups excluding carboxylic acids is 2. The summed E-state index contributed by atoms with van der Waals surface area (Å²) in [5.74, 6) is -2.43. The summed E-state index contributed by atoms with van der Waals surface area (Å²) in [6.45, 7) is 1.43. The van der Waals surface area contributed by atoms with Gasteiger partial charge in [-0.1, -0.05) is 0 Å². The third kappa shape index (κ3) is 3.17. The van der Waals surface area contributed by atoms with Gasteiger partial charge in [0, 0.05) is 6.07 Å². The van der Waals surface area contributed by atoms with E-state index in [1.807, 2.05) is 0 Å². The van der Waals surface area contributed by atoms with Crippen molar-refractivity contribution in [3.8, 4) is 5.75 Å². The summed E-state index contributed by atoms with van der Waals surface area (Å²) >= 11 is 0. The molecular formula is C11H12FNO4. The maximum absolute atomic E-state index is 12.7. The Kier molecular flexibility index (Phi) is 4.03. The zero-order valence-corrected chi connectivity index (χ0v) is 9.36. The summed E-state index contributed by atoms with van der Waals surface area (Å²) in [5.41, 5.74) is -0.109. The van der Waals surface area contributed by atoms with Crippen molar-refractivity contribution in [1.82, 2.24) is 5.32 Å². The molecule has 1 rings (SSSR count). The van der Waals surface area contributed by atoms with Gasteiger partial charge in [0.2, 0.25) is 0 Å². The van der Waals surface area contributed by atoms with Crippen molar-refractivity contribution in [3.05, 3.63) is 29.6 Å². The van der Waals surface area contributed by atoms with E-state index in [4.69, 9.17) is 0 Å². The molecule has 0 saturated heterocycles. The van der Waals surface area contributed by atoms with E-state index in [2.05, 4.69) is 10.1 Å². The first kappa shape index (κ1) is 13.0. The van der Waals surface area contributed by atoms with Crippen LogP contribution >= 0.6 is 0 Å². The molecule has 0 fully saturated rings. The minimum atomic E-state index is -0.850. The summed E-state index contributed by atoms with van der Waals surface area (Å²) in [7, 11) is 1.19. The Morgan fingerprint density at radius 3 is 2.65 bits per heavy atom. The Morgan fingerprint density at radius 2 is 2.12 bits per heavy atom. The zero-order chi connectivity index (χ0) is 13.0. The summed E-state index contributed by atoms with van der Waals surface area (Å²) in [5, 5.41) is 11.7. The molecular weight excluding hydrogens is 229 g/mol. The van der Waals surface area contributed by atoms with E-state index >= 15 is 0 Å². The minimum absolute atomic E-state index is 0.109. The van der Waals surface area contributed by atoms with Gasteiger partial charge in [-0.05, 0) is 19.1 Å². The van der Waals surface area contributed by atoms with Crippen LogP contribution in [0.5, 0.6) is 5.75 Å². The highest BCUT2D eigenvalue weighted by atomic mass is 19.1. The van der Waals surface area contributed by atoms with Gasteiger partial charge in [-0.2, -0.15) is 0 Å². The van der Waals surface area contributed by atoms with Gasteiger partial charge >= 0.3 is 5.97 Å². The van der Waals surface area contributed by atoms with E-state index < -0.39 is 29.5 Å². The number of aromatic hydroxyl groups is 1. The van der Waals surface area contributed by atoms with Crippen LogP contribution in [0.4, 0.5) is 4.39 Å². The Hall–Kier alpha value is -2.11. The predicted octanol–water partition coefficient (Wildman–Crippen LogP) is 0.823. The molecule has 0 aliphatic rings. The van der Waals surface area contributed by atoms with Crippen LogP contribution in [-0.2, 0) is 9.53 Å². The van der Waals surface area contributed by atoms with Crippen molar-refractivity contribution in [3.63, 3.8) is 0 Å². The zero-order valence-electron chi connectivity index (χ0n) is 9.36. The van der Waals surface area contributed by atoms with Crippen molar-refractivity contribution >= 4 is 11.9 Å². The van der Waals surface area contributed by atoms with Crippen molar-refractivity contribution in [1.29, 1.82) is 0 Å². The third-order valence-corrected chi connectivity index (χ3v) is 2.11. The number of halogens is 1. The van der Waals surface area contributed by atoms with E-state index in [0.717, 1.165) is 18.2 Å². The van der Waals surface area contributed by atoms with Crippen LogP contribution in [0.1, 0.15) is 17.3 Å². The van der Waals surface area contributed by atoms with E-state index in [-0.39, 0.29) is 5.56 Å². The fraction of sp³-hybridized carbons (Fsp3) is 0.273. The van der Waals surface area contributed by atoms with Crippen molar-refractivity contribution < 1.29 is 23.8 Å². The van der Waals surface area contributed by atoms with Gasteiger partial charge in [0.05, 0.1) is 12.7 Å². The smallest absolute Gasteiger partial charge is 0.328 e. The molecule has 1 amide bonds. The van der Waals surface area contributed by atoms with Gasteiger partial charge in [-0.25, -0.2) is 9.18 Å². The topological polar surface area (TPSA) is 75.6 Å². The lowest BCUT2D eigenvalue weighted by atomic mass is 10.1. The maximum Gasteiger partial charge on any atom is 0.328 e. The van der Waals surface area contributed by atoms with Crippen LogP contribution in [0.15, 0.2) is 18.2 Å². The number of carbonyl (C=O) groups is 2. The van der Waals surface area contributed by atoms with E-state index in [9.17, 15) is 19.1 Å². The summed E-state index contributed by atoms with van der Waals surface area (Å²) < 4.78 is 17.1. The first-order chi connectivity index (χ1) is 7.95. The Labute approximate surface area is 97.2 Å². The normalized spacial score (nSPS) is 11.7. The maximum atomic E-state index is 12.7. The molecule has 1 aromatic carbocycles. The number of hydrogen-bond acceptors (Lipinski definition) is 4. The number of nitrogens with one attached hydrogen (secondary N) is 1. The Bertz CT molecular complexity index is 447. The number of amides is 1.